The average molecular weight is 269 g/mol. The highest BCUT2D eigenvalue weighted by Gasteiger charge is 2.27. The van der Waals surface area contributed by atoms with Crippen molar-refractivity contribution in [3.05, 3.63) is 35.6 Å². The highest BCUT2D eigenvalue weighted by molar-refractivity contribution is 7.99. The first kappa shape index (κ1) is 13.8. The van der Waals surface area contributed by atoms with Gasteiger partial charge >= 0.3 is 0 Å². The molecule has 2 atom stereocenters. The second-order valence-corrected chi connectivity index (χ2v) is 5.59. The van der Waals surface area contributed by atoms with E-state index in [1.165, 1.54) is 6.07 Å². The average Bonchev–Trinajstić information content (AvgIpc) is 2.42. The zero-order valence-electron chi connectivity index (χ0n) is 10.7. The molecule has 2 unspecified atom stereocenters. The fourth-order valence-electron chi connectivity index (χ4n) is 2.17. The lowest BCUT2D eigenvalue weighted by Gasteiger charge is -2.31. The molecule has 18 heavy (non-hydrogen) atoms. The monoisotopic (exact) mass is 269 g/mol. The van der Waals surface area contributed by atoms with Crippen LogP contribution in [0.1, 0.15) is 24.9 Å². The summed E-state index contributed by atoms with van der Waals surface area (Å²) in [4.78, 5) is 0. The molecule has 0 aromatic heterocycles. The van der Waals surface area contributed by atoms with Crippen molar-refractivity contribution >= 4 is 11.8 Å². The van der Waals surface area contributed by atoms with E-state index in [0.29, 0.717) is 0 Å². The number of hydrogen-bond acceptors (Lipinski definition) is 3. The second kappa shape index (κ2) is 7.12. The molecule has 1 aromatic rings. The third-order valence-corrected chi connectivity index (χ3v) is 4.09. The van der Waals surface area contributed by atoms with Crippen LogP contribution in [0.5, 0.6) is 0 Å². The molecule has 2 nitrogen and oxygen atoms in total. The second-order valence-electron chi connectivity index (χ2n) is 4.44. The van der Waals surface area contributed by atoms with Crippen molar-refractivity contribution in [1.29, 1.82) is 0 Å². The van der Waals surface area contributed by atoms with E-state index < -0.39 is 0 Å². The first-order valence-electron chi connectivity index (χ1n) is 6.50. The summed E-state index contributed by atoms with van der Waals surface area (Å²) in [5, 5.41) is 3.42. The molecule has 2 rings (SSSR count). The van der Waals surface area contributed by atoms with E-state index in [9.17, 15) is 4.39 Å². The van der Waals surface area contributed by atoms with Gasteiger partial charge in [0.05, 0.1) is 18.8 Å². The Bertz CT molecular complexity index is 369. The van der Waals surface area contributed by atoms with Crippen molar-refractivity contribution < 1.29 is 9.13 Å². The summed E-state index contributed by atoms with van der Waals surface area (Å²) < 4.78 is 19.7. The predicted octanol–water partition coefficient (Wildman–Crippen LogP) is 3.00. The predicted molar refractivity (Wildman–Crippen MR) is 74.5 cm³/mol. The van der Waals surface area contributed by atoms with Crippen LogP contribution in [0.3, 0.4) is 0 Å². The van der Waals surface area contributed by atoms with Gasteiger partial charge in [-0.15, -0.1) is 0 Å². The maximum Gasteiger partial charge on any atom is 0.128 e. The van der Waals surface area contributed by atoms with Gasteiger partial charge in [-0.3, -0.25) is 0 Å². The maximum absolute atomic E-state index is 13.9. The minimum Gasteiger partial charge on any atom is -0.375 e. The Morgan fingerprint density at radius 1 is 1.50 bits per heavy atom. The molecule has 1 aromatic carbocycles. The Balaban J connectivity index is 2.15. The molecule has 4 heteroatoms. The van der Waals surface area contributed by atoms with Gasteiger partial charge in [0.1, 0.15) is 5.82 Å². The summed E-state index contributed by atoms with van der Waals surface area (Å²) in [5.41, 5.74) is 0.721. The molecule has 1 fully saturated rings. The topological polar surface area (TPSA) is 21.3 Å². The van der Waals surface area contributed by atoms with Crippen molar-refractivity contribution in [3.63, 3.8) is 0 Å². The molecule has 0 aliphatic carbocycles. The molecule has 0 spiro atoms. The smallest absolute Gasteiger partial charge is 0.128 e. The van der Waals surface area contributed by atoms with Crippen LogP contribution in [-0.2, 0) is 4.74 Å². The molecular formula is C14H20FNOS. The van der Waals surface area contributed by atoms with Crippen LogP contribution in [0.25, 0.3) is 0 Å². The van der Waals surface area contributed by atoms with Gasteiger partial charge in [-0.1, -0.05) is 25.1 Å². The molecule has 0 saturated carbocycles. The lowest BCUT2D eigenvalue weighted by molar-refractivity contribution is 0.0458. The minimum atomic E-state index is -0.148. The van der Waals surface area contributed by atoms with Crippen LogP contribution < -0.4 is 5.32 Å². The van der Waals surface area contributed by atoms with Crippen molar-refractivity contribution in [2.75, 3.05) is 24.7 Å². The largest absolute Gasteiger partial charge is 0.375 e. The minimum absolute atomic E-state index is 0.0426. The van der Waals surface area contributed by atoms with Crippen molar-refractivity contribution in [3.8, 4) is 0 Å². The standard InChI is InChI=1S/C14H20FNOS/c1-2-7-16-14(13-10-18-9-8-17-13)11-5-3-4-6-12(11)15/h3-6,13-14,16H,2,7-10H2,1H3. The summed E-state index contributed by atoms with van der Waals surface area (Å²) >= 11 is 1.88. The Morgan fingerprint density at radius 2 is 2.33 bits per heavy atom. The summed E-state index contributed by atoms with van der Waals surface area (Å²) in [6, 6.07) is 6.94. The molecule has 0 radical (unpaired) electrons. The Hall–Kier alpha value is -0.580. The fraction of sp³-hybridized carbons (Fsp3) is 0.571. The van der Waals surface area contributed by atoms with Crippen LogP contribution in [0, 0.1) is 5.82 Å². The molecule has 0 bridgehead atoms. The van der Waals surface area contributed by atoms with Gasteiger partial charge in [-0.2, -0.15) is 11.8 Å². The van der Waals surface area contributed by atoms with E-state index in [2.05, 4.69) is 12.2 Å². The van der Waals surface area contributed by atoms with Gasteiger partial charge in [0.25, 0.3) is 0 Å². The molecular weight excluding hydrogens is 249 g/mol. The number of hydrogen-bond donors (Lipinski definition) is 1. The zero-order chi connectivity index (χ0) is 12.8. The number of benzene rings is 1. The van der Waals surface area contributed by atoms with E-state index in [-0.39, 0.29) is 18.0 Å². The quantitative estimate of drug-likeness (QED) is 0.888. The SMILES string of the molecule is CCCNC(c1ccccc1F)C1CSCCO1. The Kier molecular flexibility index (Phi) is 5.47. The first-order chi connectivity index (χ1) is 8.83. The first-order valence-corrected chi connectivity index (χ1v) is 7.65. The molecule has 0 amide bonds. The highest BCUT2D eigenvalue weighted by atomic mass is 32.2. The Labute approximate surface area is 112 Å². The summed E-state index contributed by atoms with van der Waals surface area (Å²) in [6.45, 7) is 3.75. The number of thioether (sulfide) groups is 1. The zero-order valence-corrected chi connectivity index (χ0v) is 11.5. The highest BCUT2D eigenvalue weighted by Crippen LogP contribution is 2.27. The van der Waals surface area contributed by atoms with Gasteiger partial charge < -0.3 is 10.1 Å². The van der Waals surface area contributed by atoms with Crippen LogP contribution in [0.2, 0.25) is 0 Å². The van der Waals surface area contributed by atoms with Gasteiger partial charge in [-0.05, 0) is 19.0 Å². The van der Waals surface area contributed by atoms with Gasteiger partial charge in [0.2, 0.25) is 0 Å². The van der Waals surface area contributed by atoms with Gasteiger partial charge in [-0.25, -0.2) is 4.39 Å². The van der Waals surface area contributed by atoms with E-state index in [1.54, 1.807) is 6.07 Å². The Morgan fingerprint density at radius 3 is 3.00 bits per heavy atom. The van der Waals surface area contributed by atoms with Crippen LogP contribution in [-0.4, -0.2) is 30.8 Å². The molecule has 1 heterocycles. The van der Waals surface area contributed by atoms with Gasteiger partial charge in [0, 0.05) is 17.1 Å². The van der Waals surface area contributed by atoms with E-state index in [0.717, 1.165) is 36.6 Å². The number of rotatable bonds is 5. The maximum atomic E-state index is 13.9. The van der Waals surface area contributed by atoms with Crippen molar-refractivity contribution in [2.45, 2.75) is 25.5 Å². The van der Waals surface area contributed by atoms with Crippen LogP contribution in [0.15, 0.2) is 24.3 Å². The normalized spacial score (nSPS) is 21.8. The van der Waals surface area contributed by atoms with Gasteiger partial charge in [0.15, 0.2) is 0 Å². The molecule has 1 aliphatic rings. The lowest BCUT2D eigenvalue weighted by Crippen LogP contribution is -2.39. The van der Waals surface area contributed by atoms with E-state index in [1.807, 2.05) is 23.9 Å². The molecule has 1 aliphatic heterocycles. The number of halogens is 1. The lowest BCUT2D eigenvalue weighted by atomic mass is 10.0. The number of ether oxygens (including phenoxy) is 1. The third kappa shape index (κ3) is 3.46. The molecule has 1 N–H and O–H groups in total. The molecule has 1 saturated heterocycles. The summed E-state index contributed by atoms with van der Waals surface area (Å²) in [5.74, 6) is 1.81. The van der Waals surface area contributed by atoms with E-state index >= 15 is 0 Å². The van der Waals surface area contributed by atoms with Crippen LogP contribution >= 0.6 is 11.8 Å². The number of nitrogens with one attached hydrogen (secondary N) is 1. The van der Waals surface area contributed by atoms with Crippen molar-refractivity contribution in [1.82, 2.24) is 5.32 Å². The third-order valence-electron chi connectivity index (χ3n) is 3.07. The molecule has 100 valence electrons. The summed E-state index contributed by atoms with van der Waals surface area (Å²) in [7, 11) is 0. The van der Waals surface area contributed by atoms with Crippen molar-refractivity contribution in [2.24, 2.45) is 0 Å². The van der Waals surface area contributed by atoms with E-state index in [4.69, 9.17) is 4.74 Å². The fourth-order valence-corrected chi connectivity index (χ4v) is 3.07. The van der Waals surface area contributed by atoms with Crippen LogP contribution in [0.4, 0.5) is 4.39 Å². The summed E-state index contributed by atoms with van der Waals surface area (Å²) in [6.07, 6.45) is 1.09.